The Hall–Kier alpha value is -0.160. The third-order valence-electron chi connectivity index (χ3n) is 4.54. The maximum atomic E-state index is 10.0. The van der Waals surface area contributed by atoms with Gasteiger partial charge in [0.05, 0.1) is 6.10 Å². The summed E-state index contributed by atoms with van der Waals surface area (Å²) in [5.41, 5.74) is 0.360. The maximum Gasteiger partial charge on any atom is 0.0791 e. The van der Waals surface area contributed by atoms with Crippen LogP contribution in [0.5, 0.6) is 0 Å². The van der Waals surface area contributed by atoms with Crippen LogP contribution in [-0.2, 0) is 0 Å². The first-order valence-corrected chi connectivity index (χ1v) is 7.29. The number of hydrogen-bond donors (Lipinski definition) is 2. The Labute approximate surface area is 111 Å². The molecule has 2 saturated carbocycles. The molecule has 18 heavy (non-hydrogen) atoms. The highest BCUT2D eigenvalue weighted by Gasteiger charge is 2.39. The number of aliphatic hydroxyl groups excluding tert-OH is 1. The Balaban J connectivity index is 1.68. The van der Waals surface area contributed by atoms with Gasteiger partial charge in [-0.2, -0.15) is 0 Å². The van der Waals surface area contributed by atoms with Gasteiger partial charge in [0.2, 0.25) is 0 Å². The number of likely N-dealkylation sites (N-methyl/N-ethyl adjacent to an activating group) is 2. The minimum Gasteiger partial charge on any atom is -0.390 e. The Morgan fingerprint density at radius 2 is 1.94 bits per heavy atom. The first-order chi connectivity index (χ1) is 8.52. The Kier molecular flexibility index (Phi) is 4.64. The van der Waals surface area contributed by atoms with Crippen LogP contribution in [-0.4, -0.2) is 73.4 Å². The molecule has 0 aromatic rings. The van der Waals surface area contributed by atoms with E-state index in [9.17, 15) is 5.11 Å². The van der Waals surface area contributed by atoms with Gasteiger partial charge in [-0.3, -0.25) is 0 Å². The molecule has 1 atom stereocenters. The predicted octanol–water partition coefficient (Wildman–Crippen LogP) is 0.515. The zero-order chi connectivity index (χ0) is 13.2. The minimum atomic E-state index is -0.241. The van der Waals surface area contributed by atoms with Gasteiger partial charge in [0, 0.05) is 31.2 Å². The smallest absolute Gasteiger partial charge is 0.0791 e. The molecule has 0 aromatic carbocycles. The van der Waals surface area contributed by atoms with E-state index in [2.05, 4.69) is 36.3 Å². The van der Waals surface area contributed by atoms with Crippen molar-refractivity contribution in [3.05, 3.63) is 0 Å². The third kappa shape index (κ3) is 3.67. The van der Waals surface area contributed by atoms with Gasteiger partial charge in [-0.05, 0) is 53.2 Å². The van der Waals surface area contributed by atoms with Crippen molar-refractivity contribution in [3.63, 3.8) is 0 Å². The van der Waals surface area contributed by atoms with Crippen LogP contribution < -0.4 is 5.32 Å². The lowest BCUT2D eigenvalue weighted by Crippen LogP contribution is -2.57. The molecule has 2 fully saturated rings. The molecule has 106 valence electrons. The lowest BCUT2D eigenvalue weighted by molar-refractivity contribution is 0.0150. The summed E-state index contributed by atoms with van der Waals surface area (Å²) in [7, 11) is 6.49. The number of nitrogens with one attached hydrogen (secondary N) is 1. The zero-order valence-electron chi connectivity index (χ0n) is 12.2. The molecule has 0 spiro atoms. The average Bonchev–Trinajstić information content (AvgIpc) is 3.03. The van der Waals surface area contributed by atoms with Crippen molar-refractivity contribution in [2.45, 2.75) is 49.8 Å². The van der Waals surface area contributed by atoms with Gasteiger partial charge in [-0.25, -0.2) is 0 Å². The molecule has 4 heteroatoms. The summed E-state index contributed by atoms with van der Waals surface area (Å²) in [5.74, 6) is 0. The highest BCUT2D eigenvalue weighted by atomic mass is 16.3. The van der Waals surface area contributed by atoms with Gasteiger partial charge in [0.25, 0.3) is 0 Å². The van der Waals surface area contributed by atoms with Crippen molar-refractivity contribution in [2.75, 3.05) is 40.8 Å². The second-order valence-electron chi connectivity index (χ2n) is 6.51. The fourth-order valence-electron chi connectivity index (χ4n) is 2.91. The van der Waals surface area contributed by atoms with E-state index >= 15 is 0 Å². The molecule has 2 N–H and O–H groups in total. The van der Waals surface area contributed by atoms with Crippen molar-refractivity contribution < 1.29 is 5.11 Å². The van der Waals surface area contributed by atoms with Gasteiger partial charge in [-0.1, -0.05) is 0 Å². The normalized spacial score (nSPS) is 24.3. The van der Waals surface area contributed by atoms with Crippen molar-refractivity contribution in [1.29, 1.82) is 0 Å². The van der Waals surface area contributed by atoms with Gasteiger partial charge >= 0.3 is 0 Å². The molecule has 0 radical (unpaired) electrons. The van der Waals surface area contributed by atoms with E-state index in [-0.39, 0.29) is 6.10 Å². The fourth-order valence-corrected chi connectivity index (χ4v) is 2.91. The fraction of sp³-hybridized carbons (Fsp3) is 1.00. The van der Waals surface area contributed by atoms with Crippen molar-refractivity contribution in [1.82, 2.24) is 15.1 Å². The molecule has 2 rings (SSSR count). The number of aliphatic hydroxyl groups is 1. The molecule has 0 aliphatic heterocycles. The van der Waals surface area contributed by atoms with Gasteiger partial charge in [0.15, 0.2) is 0 Å². The molecule has 4 nitrogen and oxygen atoms in total. The number of hydrogen-bond acceptors (Lipinski definition) is 4. The van der Waals surface area contributed by atoms with E-state index in [1.165, 1.54) is 32.1 Å². The van der Waals surface area contributed by atoms with Crippen LogP contribution in [0.2, 0.25) is 0 Å². The van der Waals surface area contributed by atoms with Crippen LogP contribution in [0, 0.1) is 0 Å². The summed E-state index contributed by atoms with van der Waals surface area (Å²) in [6.07, 6.45) is 6.26. The van der Waals surface area contributed by atoms with E-state index in [1.54, 1.807) is 0 Å². The van der Waals surface area contributed by atoms with E-state index < -0.39 is 0 Å². The molecular formula is C14H29N3O. The van der Waals surface area contributed by atoms with Crippen LogP contribution in [0.4, 0.5) is 0 Å². The topological polar surface area (TPSA) is 38.7 Å². The highest BCUT2D eigenvalue weighted by molar-refractivity contribution is 4.98. The van der Waals surface area contributed by atoms with Crippen molar-refractivity contribution >= 4 is 0 Å². The van der Waals surface area contributed by atoms with E-state index in [0.717, 1.165) is 19.6 Å². The average molecular weight is 255 g/mol. The SMILES string of the molecule is CN(CC(O)CNC1CC1)CC1(N(C)C)CCC1. The molecule has 0 aromatic heterocycles. The molecule has 0 saturated heterocycles. The van der Waals surface area contributed by atoms with Crippen LogP contribution >= 0.6 is 0 Å². The molecular weight excluding hydrogens is 226 g/mol. The maximum absolute atomic E-state index is 10.0. The summed E-state index contributed by atoms with van der Waals surface area (Å²) >= 11 is 0. The molecule has 0 heterocycles. The van der Waals surface area contributed by atoms with Crippen molar-refractivity contribution in [3.8, 4) is 0 Å². The summed E-state index contributed by atoms with van der Waals surface area (Å²) in [6.45, 7) is 2.58. The summed E-state index contributed by atoms with van der Waals surface area (Å²) in [6, 6.07) is 0.685. The molecule has 0 bridgehead atoms. The van der Waals surface area contributed by atoms with Gasteiger partial charge < -0.3 is 20.2 Å². The second kappa shape index (κ2) is 5.87. The minimum absolute atomic E-state index is 0.241. The molecule has 2 aliphatic carbocycles. The standard InChI is InChI=1S/C14H29N3O/c1-16(2)14(7-4-8-14)11-17(3)10-13(18)9-15-12-5-6-12/h12-13,15,18H,4-11H2,1-3H3. The van der Waals surface area contributed by atoms with Gasteiger partial charge in [0.1, 0.15) is 0 Å². The van der Waals surface area contributed by atoms with Crippen LogP contribution in [0.1, 0.15) is 32.1 Å². The zero-order valence-corrected chi connectivity index (χ0v) is 12.2. The van der Waals surface area contributed by atoms with Crippen LogP contribution in [0.25, 0.3) is 0 Å². The Morgan fingerprint density at radius 1 is 1.28 bits per heavy atom. The lowest BCUT2D eigenvalue weighted by atomic mass is 9.75. The molecule has 1 unspecified atom stereocenters. The first kappa shape index (κ1) is 14.3. The predicted molar refractivity (Wildman–Crippen MR) is 74.8 cm³/mol. The van der Waals surface area contributed by atoms with E-state index in [4.69, 9.17) is 0 Å². The summed E-state index contributed by atoms with van der Waals surface area (Å²) in [5, 5.41) is 13.4. The third-order valence-corrected chi connectivity index (χ3v) is 4.54. The lowest BCUT2D eigenvalue weighted by Gasteiger charge is -2.49. The molecule has 0 amide bonds. The molecule has 2 aliphatic rings. The largest absolute Gasteiger partial charge is 0.390 e. The number of nitrogens with zero attached hydrogens (tertiary/aromatic N) is 2. The Bertz CT molecular complexity index is 262. The quantitative estimate of drug-likeness (QED) is 0.663. The summed E-state index contributed by atoms with van der Waals surface area (Å²) < 4.78 is 0. The van der Waals surface area contributed by atoms with E-state index in [0.29, 0.717) is 11.6 Å². The Morgan fingerprint density at radius 3 is 2.39 bits per heavy atom. The highest BCUT2D eigenvalue weighted by Crippen LogP contribution is 2.36. The van der Waals surface area contributed by atoms with Crippen LogP contribution in [0.15, 0.2) is 0 Å². The van der Waals surface area contributed by atoms with E-state index in [1.807, 2.05) is 0 Å². The summed E-state index contributed by atoms with van der Waals surface area (Å²) in [4.78, 5) is 4.65. The van der Waals surface area contributed by atoms with Crippen molar-refractivity contribution in [2.24, 2.45) is 0 Å². The monoisotopic (exact) mass is 255 g/mol. The first-order valence-electron chi connectivity index (χ1n) is 7.29. The van der Waals surface area contributed by atoms with Crippen LogP contribution in [0.3, 0.4) is 0 Å². The number of rotatable bonds is 8. The van der Waals surface area contributed by atoms with Gasteiger partial charge in [-0.15, -0.1) is 0 Å². The second-order valence-corrected chi connectivity index (χ2v) is 6.51.